The first kappa shape index (κ1) is 18.3. The molecule has 0 aliphatic rings. The Morgan fingerprint density at radius 3 is 2.22 bits per heavy atom. The van der Waals surface area contributed by atoms with E-state index in [0.29, 0.717) is 17.3 Å². The maximum absolute atomic E-state index is 12.8. The summed E-state index contributed by atoms with van der Waals surface area (Å²) in [6.45, 7) is 1.69. The Bertz CT molecular complexity index is 852. The van der Waals surface area contributed by atoms with Crippen LogP contribution in [0.4, 0.5) is 18.9 Å². The predicted molar refractivity (Wildman–Crippen MR) is 88.8 cm³/mol. The van der Waals surface area contributed by atoms with E-state index in [4.69, 9.17) is 0 Å². The van der Waals surface area contributed by atoms with Gasteiger partial charge in [-0.2, -0.15) is 13.2 Å². The highest BCUT2D eigenvalue weighted by atomic mass is 79.9. The Hall–Kier alpha value is -1.06. The lowest BCUT2D eigenvalue weighted by Gasteiger charge is -2.13. The second-order valence-electron chi connectivity index (χ2n) is 4.74. The Morgan fingerprint density at radius 1 is 1.00 bits per heavy atom. The van der Waals surface area contributed by atoms with Crippen molar-refractivity contribution in [2.75, 3.05) is 4.72 Å². The van der Waals surface area contributed by atoms with Crippen LogP contribution in [0.25, 0.3) is 0 Å². The number of nitrogens with one attached hydrogen (secondary N) is 1. The Kier molecular flexibility index (Phi) is 5.12. The molecule has 23 heavy (non-hydrogen) atoms. The number of sulfonamides is 1. The average Bonchev–Trinajstić information content (AvgIpc) is 2.40. The van der Waals surface area contributed by atoms with Crippen molar-refractivity contribution in [2.45, 2.75) is 18.0 Å². The maximum Gasteiger partial charge on any atom is 0.416 e. The zero-order valence-electron chi connectivity index (χ0n) is 11.6. The van der Waals surface area contributed by atoms with Crippen LogP contribution in [0, 0.1) is 6.92 Å². The number of benzene rings is 2. The van der Waals surface area contributed by atoms with E-state index in [9.17, 15) is 21.6 Å². The zero-order chi connectivity index (χ0) is 17.4. The number of anilines is 1. The molecule has 0 aromatic heterocycles. The van der Waals surface area contributed by atoms with Gasteiger partial charge in [-0.1, -0.05) is 31.9 Å². The summed E-state index contributed by atoms with van der Waals surface area (Å²) in [5, 5.41) is 0. The van der Waals surface area contributed by atoms with Crippen molar-refractivity contribution in [3.05, 3.63) is 56.5 Å². The van der Waals surface area contributed by atoms with Crippen LogP contribution < -0.4 is 4.72 Å². The van der Waals surface area contributed by atoms with Crippen LogP contribution in [-0.2, 0) is 16.2 Å². The highest BCUT2D eigenvalue weighted by Gasteiger charge is 2.32. The molecule has 0 heterocycles. The fourth-order valence-electron chi connectivity index (χ4n) is 1.83. The van der Waals surface area contributed by atoms with E-state index in [1.807, 2.05) is 0 Å². The van der Waals surface area contributed by atoms with Gasteiger partial charge in [-0.05, 0) is 48.9 Å². The third kappa shape index (κ3) is 4.48. The zero-order valence-corrected chi connectivity index (χ0v) is 15.6. The summed E-state index contributed by atoms with van der Waals surface area (Å²) >= 11 is 6.16. The molecule has 0 radical (unpaired) electrons. The molecule has 0 bridgehead atoms. The van der Waals surface area contributed by atoms with Gasteiger partial charge >= 0.3 is 6.18 Å². The van der Waals surface area contributed by atoms with Gasteiger partial charge < -0.3 is 0 Å². The van der Waals surface area contributed by atoms with E-state index < -0.39 is 26.7 Å². The largest absolute Gasteiger partial charge is 0.416 e. The van der Waals surface area contributed by atoms with Gasteiger partial charge in [0.15, 0.2) is 0 Å². The number of rotatable bonds is 3. The standard InChI is InChI=1S/C14H10Br2F3NO2S/c1-8-4-10(15)2-3-13(8)20-23(21,22)12-6-9(14(17,18)19)5-11(16)7-12/h2-7,20H,1H3. The second kappa shape index (κ2) is 6.45. The molecule has 0 amide bonds. The molecule has 2 aromatic rings. The van der Waals surface area contributed by atoms with E-state index in [2.05, 4.69) is 36.6 Å². The van der Waals surface area contributed by atoms with Crippen molar-refractivity contribution in [2.24, 2.45) is 0 Å². The predicted octanol–water partition coefficient (Wildman–Crippen LogP) is 5.34. The van der Waals surface area contributed by atoms with Gasteiger partial charge in [0.25, 0.3) is 10.0 Å². The van der Waals surface area contributed by atoms with E-state index in [-0.39, 0.29) is 4.47 Å². The van der Waals surface area contributed by atoms with Crippen molar-refractivity contribution < 1.29 is 21.6 Å². The first-order valence-electron chi connectivity index (χ1n) is 6.16. The number of alkyl halides is 3. The fraction of sp³-hybridized carbons (Fsp3) is 0.143. The summed E-state index contributed by atoms with van der Waals surface area (Å²) < 4.78 is 66.3. The van der Waals surface area contributed by atoms with Crippen LogP contribution in [-0.4, -0.2) is 8.42 Å². The minimum Gasteiger partial charge on any atom is -0.279 e. The van der Waals surface area contributed by atoms with Gasteiger partial charge in [0, 0.05) is 8.95 Å². The molecule has 0 aliphatic heterocycles. The Balaban J connectivity index is 2.46. The molecule has 2 rings (SSSR count). The average molecular weight is 473 g/mol. The van der Waals surface area contributed by atoms with Crippen LogP contribution in [0.5, 0.6) is 0 Å². The molecule has 124 valence electrons. The number of hydrogen-bond acceptors (Lipinski definition) is 2. The quantitative estimate of drug-likeness (QED) is 0.655. The van der Waals surface area contributed by atoms with Gasteiger partial charge in [0.05, 0.1) is 16.1 Å². The van der Waals surface area contributed by atoms with Gasteiger partial charge in [-0.15, -0.1) is 0 Å². The van der Waals surface area contributed by atoms with Crippen LogP contribution in [0.2, 0.25) is 0 Å². The van der Waals surface area contributed by atoms with E-state index in [1.54, 1.807) is 19.1 Å². The summed E-state index contributed by atoms with van der Waals surface area (Å²) in [6, 6.07) is 7.39. The molecule has 1 N–H and O–H groups in total. The normalized spacial score (nSPS) is 12.3. The highest BCUT2D eigenvalue weighted by molar-refractivity contribution is 9.10. The Labute approximate surface area is 148 Å². The SMILES string of the molecule is Cc1cc(Br)ccc1NS(=O)(=O)c1cc(Br)cc(C(F)(F)F)c1. The number of hydrogen-bond donors (Lipinski definition) is 1. The molecule has 0 saturated carbocycles. The second-order valence-corrected chi connectivity index (χ2v) is 8.25. The smallest absolute Gasteiger partial charge is 0.279 e. The third-order valence-electron chi connectivity index (χ3n) is 2.94. The van der Waals surface area contributed by atoms with E-state index in [1.165, 1.54) is 6.07 Å². The molecule has 0 spiro atoms. The van der Waals surface area contributed by atoms with Crippen molar-refractivity contribution in [1.29, 1.82) is 0 Å². The molecule has 0 atom stereocenters. The molecule has 2 aromatic carbocycles. The molecular formula is C14H10Br2F3NO2S. The van der Waals surface area contributed by atoms with E-state index >= 15 is 0 Å². The monoisotopic (exact) mass is 471 g/mol. The van der Waals surface area contributed by atoms with Crippen LogP contribution >= 0.6 is 31.9 Å². The summed E-state index contributed by atoms with van der Waals surface area (Å²) in [6.07, 6.45) is -4.64. The minimum absolute atomic E-state index is 0.0280. The summed E-state index contributed by atoms with van der Waals surface area (Å²) in [4.78, 5) is -0.471. The summed E-state index contributed by atoms with van der Waals surface area (Å²) in [5.74, 6) is 0. The van der Waals surface area contributed by atoms with Gasteiger partial charge in [0.2, 0.25) is 0 Å². The molecular weight excluding hydrogens is 463 g/mol. The van der Waals surface area contributed by atoms with Crippen molar-refractivity contribution in [3.8, 4) is 0 Å². The summed E-state index contributed by atoms with van der Waals surface area (Å²) in [5.41, 5.74) is -0.115. The first-order valence-corrected chi connectivity index (χ1v) is 9.23. The van der Waals surface area contributed by atoms with Crippen LogP contribution in [0.15, 0.2) is 50.2 Å². The molecule has 0 saturated heterocycles. The lowest BCUT2D eigenvalue weighted by Crippen LogP contribution is -2.15. The van der Waals surface area contributed by atoms with Gasteiger partial charge in [-0.3, -0.25) is 4.72 Å². The number of aryl methyl sites for hydroxylation is 1. The fourth-order valence-corrected chi connectivity index (χ4v) is 4.15. The van der Waals surface area contributed by atoms with Crippen molar-refractivity contribution in [1.82, 2.24) is 0 Å². The van der Waals surface area contributed by atoms with Crippen LogP contribution in [0.3, 0.4) is 0 Å². The van der Waals surface area contributed by atoms with Crippen molar-refractivity contribution >= 4 is 47.6 Å². The lowest BCUT2D eigenvalue weighted by atomic mass is 10.2. The topological polar surface area (TPSA) is 46.2 Å². The molecule has 0 fully saturated rings. The molecule has 9 heteroatoms. The summed E-state index contributed by atoms with van der Waals surface area (Å²) in [7, 11) is -4.15. The molecule has 3 nitrogen and oxygen atoms in total. The van der Waals surface area contributed by atoms with Gasteiger partial charge in [-0.25, -0.2) is 8.42 Å². The number of halogens is 5. The van der Waals surface area contributed by atoms with Crippen LogP contribution in [0.1, 0.15) is 11.1 Å². The minimum atomic E-state index is -4.64. The lowest BCUT2D eigenvalue weighted by molar-refractivity contribution is -0.137. The van der Waals surface area contributed by atoms with Gasteiger partial charge in [0.1, 0.15) is 0 Å². The molecule has 0 unspecified atom stereocenters. The van der Waals surface area contributed by atoms with Crippen molar-refractivity contribution in [3.63, 3.8) is 0 Å². The first-order chi connectivity index (χ1) is 10.5. The molecule has 0 aliphatic carbocycles. The Morgan fingerprint density at radius 2 is 1.65 bits per heavy atom. The third-order valence-corrected chi connectivity index (χ3v) is 5.24. The van der Waals surface area contributed by atoms with E-state index in [0.717, 1.165) is 16.6 Å². The maximum atomic E-state index is 12.8. The highest BCUT2D eigenvalue weighted by Crippen LogP contribution is 2.33.